The first kappa shape index (κ1) is 15.8. The minimum absolute atomic E-state index is 0.718. The molecule has 3 rings (SSSR count). The summed E-state index contributed by atoms with van der Waals surface area (Å²) in [6.07, 6.45) is 11.3. The average Bonchev–Trinajstić information content (AvgIpc) is 2.86. The van der Waals surface area contributed by atoms with Crippen LogP contribution in [0.1, 0.15) is 31.9 Å². The van der Waals surface area contributed by atoms with Crippen molar-refractivity contribution in [2.75, 3.05) is 0 Å². The molecule has 112 valence electrons. The molecule has 0 aliphatic heterocycles. The standard InChI is InChI=1S/C17H15N3.C2H6/c1-13-18-16(14-9-5-2-3-6-10-14)20-17(19-13)15-11-7-4-8-12-15;1-2/h2,4-12H,3H2,1H3;1-2H3. The van der Waals surface area contributed by atoms with Crippen molar-refractivity contribution in [3.05, 3.63) is 72.4 Å². The third-order valence-corrected chi connectivity index (χ3v) is 3.02. The first-order valence-electron chi connectivity index (χ1n) is 7.65. The van der Waals surface area contributed by atoms with E-state index in [1.165, 1.54) is 0 Å². The molecular weight excluding hydrogens is 270 g/mol. The van der Waals surface area contributed by atoms with Crippen LogP contribution in [-0.4, -0.2) is 15.0 Å². The van der Waals surface area contributed by atoms with Crippen molar-refractivity contribution < 1.29 is 0 Å². The second-order valence-corrected chi connectivity index (χ2v) is 4.58. The van der Waals surface area contributed by atoms with Crippen LogP contribution >= 0.6 is 0 Å². The van der Waals surface area contributed by atoms with Crippen LogP contribution in [0.5, 0.6) is 0 Å². The molecule has 3 heteroatoms. The van der Waals surface area contributed by atoms with E-state index in [1.54, 1.807) is 0 Å². The molecule has 0 saturated carbocycles. The fourth-order valence-corrected chi connectivity index (χ4v) is 2.06. The van der Waals surface area contributed by atoms with E-state index < -0.39 is 0 Å². The van der Waals surface area contributed by atoms with Crippen molar-refractivity contribution in [2.45, 2.75) is 27.2 Å². The van der Waals surface area contributed by atoms with Gasteiger partial charge in [0.2, 0.25) is 0 Å². The van der Waals surface area contributed by atoms with E-state index in [0.717, 1.165) is 35.0 Å². The Morgan fingerprint density at radius 2 is 1.59 bits per heavy atom. The number of hydrogen-bond donors (Lipinski definition) is 0. The van der Waals surface area contributed by atoms with E-state index in [0.29, 0.717) is 0 Å². The lowest BCUT2D eigenvalue weighted by Gasteiger charge is -2.05. The van der Waals surface area contributed by atoms with Gasteiger partial charge in [-0.1, -0.05) is 74.6 Å². The summed E-state index contributed by atoms with van der Waals surface area (Å²) in [5, 5.41) is 0. The van der Waals surface area contributed by atoms with E-state index in [-0.39, 0.29) is 0 Å². The van der Waals surface area contributed by atoms with Gasteiger partial charge in [0.15, 0.2) is 11.6 Å². The number of allylic oxidation sites excluding steroid dienone is 6. The van der Waals surface area contributed by atoms with Gasteiger partial charge in [0, 0.05) is 11.1 Å². The van der Waals surface area contributed by atoms with Gasteiger partial charge >= 0.3 is 0 Å². The van der Waals surface area contributed by atoms with Crippen LogP contribution in [0.25, 0.3) is 17.0 Å². The van der Waals surface area contributed by atoms with E-state index in [9.17, 15) is 0 Å². The number of aromatic nitrogens is 3. The van der Waals surface area contributed by atoms with Crippen LogP contribution < -0.4 is 0 Å². The smallest absolute Gasteiger partial charge is 0.163 e. The molecule has 0 atom stereocenters. The maximum atomic E-state index is 4.59. The average molecular weight is 291 g/mol. The molecule has 0 spiro atoms. The molecule has 1 heterocycles. The Bertz CT molecular complexity index is 698. The normalized spacial score (nSPS) is 13.0. The van der Waals surface area contributed by atoms with Crippen LogP contribution in [0.2, 0.25) is 0 Å². The van der Waals surface area contributed by atoms with Crippen LogP contribution in [0.3, 0.4) is 0 Å². The lowest BCUT2D eigenvalue weighted by atomic mass is 10.2. The van der Waals surface area contributed by atoms with Crippen LogP contribution in [-0.2, 0) is 0 Å². The Kier molecular flexibility index (Phi) is 5.78. The molecule has 1 aliphatic carbocycles. The number of rotatable bonds is 2. The fraction of sp³-hybridized carbons (Fsp3) is 0.211. The van der Waals surface area contributed by atoms with Crippen molar-refractivity contribution in [1.82, 2.24) is 15.0 Å². The summed E-state index contributed by atoms with van der Waals surface area (Å²) in [6, 6.07) is 9.98. The van der Waals surface area contributed by atoms with E-state index in [2.05, 4.69) is 33.2 Å². The van der Waals surface area contributed by atoms with E-state index >= 15 is 0 Å². The minimum Gasteiger partial charge on any atom is -0.213 e. The zero-order valence-corrected chi connectivity index (χ0v) is 13.3. The fourth-order valence-electron chi connectivity index (χ4n) is 2.06. The van der Waals surface area contributed by atoms with Gasteiger partial charge in [0.1, 0.15) is 5.82 Å². The maximum absolute atomic E-state index is 4.59. The highest BCUT2D eigenvalue weighted by atomic mass is 15.0. The molecule has 1 aliphatic rings. The molecule has 0 saturated heterocycles. The lowest BCUT2D eigenvalue weighted by molar-refractivity contribution is 0.962. The monoisotopic (exact) mass is 291 g/mol. The first-order chi connectivity index (χ1) is 10.8. The Balaban J connectivity index is 0.000000847. The summed E-state index contributed by atoms with van der Waals surface area (Å²) < 4.78 is 0. The molecule has 0 fully saturated rings. The zero-order valence-electron chi connectivity index (χ0n) is 13.3. The van der Waals surface area contributed by atoms with Gasteiger partial charge in [-0.05, 0) is 13.3 Å². The Hall–Kier alpha value is -2.55. The summed E-state index contributed by atoms with van der Waals surface area (Å²) in [4.78, 5) is 13.5. The molecule has 0 N–H and O–H groups in total. The van der Waals surface area contributed by atoms with Crippen molar-refractivity contribution in [1.29, 1.82) is 0 Å². The highest BCUT2D eigenvalue weighted by molar-refractivity contribution is 5.72. The molecule has 0 unspecified atom stereocenters. The number of hydrogen-bond acceptors (Lipinski definition) is 3. The second-order valence-electron chi connectivity index (χ2n) is 4.58. The lowest BCUT2D eigenvalue weighted by Crippen LogP contribution is -2.01. The second kappa shape index (κ2) is 8.03. The molecule has 0 amide bonds. The van der Waals surface area contributed by atoms with Gasteiger partial charge in [-0.15, -0.1) is 0 Å². The minimum atomic E-state index is 0.718. The summed E-state index contributed by atoms with van der Waals surface area (Å²) in [5.41, 5.74) is 2.02. The van der Waals surface area contributed by atoms with Gasteiger partial charge in [-0.2, -0.15) is 0 Å². The predicted molar refractivity (Wildman–Crippen MR) is 92.2 cm³/mol. The highest BCUT2D eigenvalue weighted by Crippen LogP contribution is 2.19. The van der Waals surface area contributed by atoms with Gasteiger partial charge in [-0.3, -0.25) is 0 Å². The largest absolute Gasteiger partial charge is 0.213 e. The maximum Gasteiger partial charge on any atom is 0.163 e. The number of nitrogens with zero attached hydrogens (tertiary/aromatic N) is 3. The summed E-state index contributed by atoms with van der Waals surface area (Å²) in [5.74, 6) is 2.17. The Morgan fingerprint density at radius 1 is 0.864 bits per heavy atom. The van der Waals surface area contributed by atoms with Crippen molar-refractivity contribution in [3.8, 4) is 11.4 Å². The molecule has 1 aromatic heterocycles. The van der Waals surface area contributed by atoms with E-state index in [4.69, 9.17) is 0 Å². The van der Waals surface area contributed by atoms with Crippen LogP contribution in [0.15, 0.2) is 60.7 Å². The van der Waals surface area contributed by atoms with Gasteiger partial charge in [0.25, 0.3) is 0 Å². The Labute approximate surface area is 132 Å². The molecular formula is C19H21N3. The highest BCUT2D eigenvalue weighted by Gasteiger charge is 2.08. The predicted octanol–water partition coefficient (Wildman–Crippen LogP) is 4.77. The summed E-state index contributed by atoms with van der Waals surface area (Å²) in [7, 11) is 0. The number of benzene rings is 1. The first-order valence-corrected chi connectivity index (χ1v) is 7.65. The summed E-state index contributed by atoms with van der Waals surface area (Å²) >= 11 is 0. The van der Waals surface area contributed by atoms with Crippen molar-refractivity contribution in [2.24, 2.45) is 0 Å². The molecule has 22 heavy (non-hydrogen) atoms. The zero-order chi connectivity index (χ0) is 15.8. The number of aryl methyl sites for hydroxylation is 1. The topological polar surface area (TPSA) is 38.7 Å². The molecule has 0 bridgehead atoms. The summed E-state index contributed by atoms with van der Waals surface area (Å²) in [6.45, 7) is 5.90. The third kappa shape index (κ3) is 3.98. The SMILES string of the molecule is CC.Cc1nc(C2=CC=CCC=C2)nc(-c2ccccc2)n1. The molecule has 1 aromatic carbocycles. The van der Waals surface area contributed by atoms with Gasteiger partial charge < -0.3 is 0 Å². The van der Waals surface area contributed by atoms with Gasteiger partial charge in [0.05, 0.1) is 0 Å². The van der Waals surface area contributed by atoms with Gasteiger partial charge in [-0.25, -0.2) is 15.0 Å². The molecule has 0 radical (unpaired) electrons. The third-order valence-electron chi connectivity index (χ3n) is 3.02. The van der Waals surface area contributed by atoms with Crippen molar-refractivity contribution >= 4 is 5.57 Å². The quantitative estimate of drug-likeness (QED) is 0.799. The van der Waals surface area contributed by atoms with Crippen LogP contribution in [0.4, 0.5) is 0 Å². The van der Waals surface area contributed by atoms with E-state index in [1.807, 2.05) is 63.3 Å². The molecule has 3 nitrogen and oxygen atoms in total. The Morgan fingerprint density at radius 3 is 2.36 bits per heavy atom. The molecule has 2 aromatic rings. The van der Waals surface area contributed by atoms with Crippen LogP contribution in [0, 0.1) is 6.92 Å². The van der Waals surface area contributed by atoms with Crippen molar-refractivity contribution in [3.63, 3.8) is 0 Å².